The zero-order chi connectivity index (χ0) is 12.8. The summed E-state index contributed by atoms with van der Waals surface area (Å²) in [6.45, 7) is 6.77. The maximum Gasteiger partial charge on any atom is 0.0164 e. The Morgan fingerprint density at radius 3 is 2.39 bits per heavy atom. The normalized spacial score (nSPS) is 28.4. The van der Waals surface area contributed by atoms with Gasteiger partial charge in [-0.05, 0) is 55.3 Å². The van der Waals surface area contributed by atoms with Gasteiger partial charge in [0.15, 0.2) is 0 Å². The molecule has 10 radical (unpaired) electrons. The molecule has 0 aromatic heterocycles. The van der Waals surface area contributed by atoms with Crippen molar-refractivity contribution in [3.8, 4) is 0 Å². The van der Waals surface area contributed by atoms with E-state index < -0.39 is 0 Å². The van der Waals surface area contributed by atoms with Crippen molar-refractivity contribution in [2.24, 2.45) is 5.41 Å². The molecule has 2 fully saturated rings. The maximum atomic E-state index is 2.31. The monoisotopic (exact) mass is 234 g/mol. The van der Waals surface area contributed by atoms with Crippen LogP contribution in [0.25, 0.3) is 0 Å². The van der Waals surface area contributed by atoms with Crippen LogP contribution in [0.5, 0.6) is 0 Å². The highest BCUT2D eigenvalue weighted by molar-refractivity contribution is 5.66. The average molecular weight is 234 g/mol. The fourth-order valence-corrected chi connectivity index (χ4v) is 2.80. The van der Waals surface area contributed by atoms with E-state index >= 15 is 0 Å². The van der Waals surface area contributed by atoms with Crippen LogP contribution in [0.4, 0.5) is 0 Å². The van der Waals surface area contributed by atoms with Gasteiger partial charge in [0.2, 0.25) is 0 Å². The van der Waals surface area contributed by atoms with Crippen LogP contribution >= 0.6 is 0 Å². The van der Waals surface area contributed by atoms with E-state index in [0.717, 1.165) is 0 Å². The van der Waals surface area contributed by atoms with E-state index in [4.69, 9.17) is 0 Å². The summed E-state index contributed by atoms with van der Waals surface area (Å²) in [6.07, 6.45) is 19.9. The second-order valence-electron chi connectivity index (χ2n) is 5.64. The molecule has 0 aliphatic heterocycles. The topological polar surface area (TPSA) is 0 Å². The number of hydrogen-bond donors (Lipinski definition) is 0. The summed E-state index contributed by atoms with van der Waals surface area (Å²) in [5, 5.41) is 0. The lowest BCUT2D eigenvalue weighted by molar-refractivity contribution is 0.447. The van der Waals surface area contributed by atoms with E-state index in [1.165, 1.54) is 29.6 Å². The third kappa shape index (κ3) is 1.98. The Balaban J connectivity index is 1.77. The summed E-state index contributed by atoms with van der Waals surface area (Å²) in [7, 11) is 0. The van der Waals surface area contributed by atoms with Crippen LogP contribution < -0.4 is 0 Å². The molecule has 0 amide bonds. The number of rotatable bonds is 2. The van der Waals surface area contributed by atoms with Gasteiger partial charge < -0.3 is 0 Å². The van der Waals surface area contributed by atoms with Crippen LogP contribution in [0.1, 0.15) is 20.8 Å². The van der Waals surface area contributed by atoms with Gasteiger partial charge in [-0.3, -0.25) is 0 Å². The summed E-state index contributed by atoms with van der Waals surface area (Å²) >= 11 is 0. The molecule has 3 rings (SSSR count). The predicted octanol–water partition coefficient (Wildman–Crippen LogP) is 4.08. The van der Waals surface area contributed by atoms with Crippen molar-refractivity contribution < 1.29 is 0 Å². The van der Waals surface area contributed by atoms with Gasteiger partial charge in [-0.25, -0.2) is 0 Å². The first-order valence-electron chi connectivity index (χ1n) is 6.48. The molecule has 3 aliphatic carbocycles. The zero-order valence-corrected chi connectivity index (χ0v) is 11.2. The molecule has 90 valence electrons. The van der Waals surface area contributed by atoms with Crippen molar-refractivity contribution in [3.05, 3.63) is 86.0 Å². The van der Waals surface area contributed by atoms with Crippen LogP contribution in [-0.4, -0.2) is 0 Å². The molecule has 0 nitrogen and oxygen atoms in total. The van der Waals surface area contributed by atoms with E-state index in [-0.39, 0.29) is 5.41 Å². The largest absolute Gasteiger partial charge is 0.0762 e. The Morgan fingerprint density at radius 2 is 1.67 bits per heavy atom. The number of hydrogen-bond acceptors (Lipinski definition) is 0. The molecule has 0 aromatic rings. The fourth-order valence-electron chi connectivity index (χ4n) is 2.80. The van der Waals surface area contributed by atoms with E-state index in [1.807, 2.05) is 0 Å². The molecule has 0 bridgehead atoms. The second kappa shape index (κ2) is 4.54. The van der Waals surface area contributed by atoms with Gasteiger partial charge in [-0.15, -0.1) is 0 Å². The fraction of sp³-hybridized carbons (Fsp3) is 0.222. The number of allylic oxidation sites excluding steroid dienone is 4. The number of fused-ring (bicyclic) bond motifs is 1. The van der Waals surface area contributed by atoms with Gasteiger partial charge >= 0.3 is 0 Å². The third-order valence-corrected chi connectivity index (χ3v) is 3.98. The summed E-state index contributed by atoms with van der Waals surface area (Å²) in [4.78, 5) is 0. The highest BCUT2D eigenvalue weighted by atomic mass is 14.5. The van der Waals surface area contributed by atoms with Crippen LogP contribution in [0.15, 0.2) is 24.3 Å². The smallest absolute Gasteiger partial charge is 0.0164 e. The maximum absolute atomic E-state index is 2.31. The molecular formula is C18H18. The summed E-state index contributed by atoms with van der Waals surface area (Å²) in [5.41, 5.74) is 0.0668. The van der Waals surface area contributed by atoms with Gasteiger partial charge in [0.05, 0.1) is 0 Å². The van der Waals surface area contributed by atoms with Gasteiger partial charge in [-0.1, -0.05) is 45.1 Å². The summed E-state index contributed by atoms with van der Waals surface area (Å²) < 4.78 is 0. The molecule has 0 unspecified atom stereocenters. The Kier molecular flexibility index (Phi) is 3.16. The quantitative estimate of drug-likeness (QED) is 0.675. The summed E-state index contributed by atoms with van der Waals surface area (Å²) in [6, 6.07) is 0. The highest BCUT2D eigenvalue weighted by Gasteiger charge is 2.49. The molecule has 3 aliphatic rings. The molecule has 0 atom stereocenters. The molecular weight excluding hydrogens is 216 g/mol. The van der Waals surface area contributed by atoms with Crippen LogP contribution in [0.2, 0.25) is 0 Å². The van der Waals surface area contributed by atoms with E-state index in [0.29, 0.717) is 0 Å². The minimum absolute atomic E-state index is 0.0668. The zero-order valence-electron chi connectivity index (χ0n) is 11.2. The molecule has 0 spiro atoms. The summed E-state index contributed by atoms with van der Waals surface area (Å²) in [5.74, 6) is 6.87. The average Bonchev–Trinajstić information content (AvgIpc) is 2.95. The van der Waals surface area contributed by atoms with E-state index in [9.17, 15) is 0 Å². The first-order chi connectivity index (χ1) is 8.59. The second-order valence-corrected chi connectivity index (χ2v) is 5.64. The SMILES string of the molecule is C[C]1[CH][CH][C](C(C)(C)[C]2[CH][CH][C]3C=CC=C[C]32)[CH]1. The highest BCUT2D eigenvalue weighted by Crippen LogP contribution is 2.58. The predicted molar refractivity (Wildman–Crippen MR) is 75.5 cm³/mol. The van der Waals surface area contributed by atoms with Crippen LogP contribution in [-0.2, 0) is 0 Å². The molecule has 2 saturated carbocycles. The lowest BCUT2D eigenvalue weighted by Gasteiger charge is -2.39. The van der Waals surface area contributed by atoms with Gasteiger partial charge in [-0.2, -0.15) is 0 Å². The van der Waals surface area contributed by atoms with Crippen LogP contribution in [0.3, 0.4) is 0 Å². The minimum atomic E-state index is 0.0668. The Bertz CT molecular complexity index is 360. The Labute approximate surface area is 113 Å². The van der Waals surface area contributed by atoms with Crippen molar-refractivity contribution in [2.45, 2.75) is 20.8 Å². The Morgan fingerprint density at radius 1 is 0.889 bits per heavy atom. The molecule has 0 aromatic carbocycles. The molecule has 0 saturated heterocycles. The van der Waals surface area contributed by atoms with Crippen molar-refractivity contribution in [1.82, 2.24) is 0 Å². The molecule has 0 N–H and O–H groups in total. The third-order valence-electron chi connectivity index (χ3n) is 3.98. The van der Waals surface area contributed by atoms with E-state index in [1.54, 1.807) is 0 Å². The lowest BCUT2D eigenvalue weighted by Crippen LogP contribution is -2.31. The standard InChI is InChI=1S/C18H18/c1-13-8-10-15(12-13)18(2,3)17-11-9-14-6-4-5-7-16(14)17/h4-12H,1-3H3. The molecule has 0 heteroatoms. The van der Waals surface area contributed by atoms with Crippen molar-refractivity contribution in [2.75, 3.05) is 0 Å². The van der Waals surface area contributed by atoms with Crippen molar-refractivity contribution in [3.63, 3.8) is 0 Å². The van der Waals surface area contributed by atoms with E-state index in [2.05, 4.69) is 77.2 Å². The molecule has 18 heavy (non-hydrogen) atoms. The Hall–Kier alpha value is -0.520. The van der Waals surface area contributed by atoms with Crippen molar-refractivity contribution >= 4 is 0 Å². The van der Waals surface area contributed by atoms with Gasteiger partial charge in [0, 0.05) is 11.8 Å². The van der Waals surface area contributed by atoms with Gasteiger partial charge in [0.1, 0.15) is 0 Å². The first-order valence-corrected chi connectivity index (χ1v) is 6.48. The van der Waals surface area contributed by atoms with Crippen LogP contribution in [0, 0.1) is 67.1 Å². The van der Waals surface area contributed by atoms with Gasteiger partial charge in [0.25, 0.3) is 0 Å². The lowest BCUT2D eigenvalue weighted by atomic mass is 9.64. The molecule has 0 heterocycles. The first kappa shape index (κ1) is 12.5. The minimum Gasteiger partial charge on any atom is -0.0762 e. The van der Waals surface area contributed by atoms with Crippen molar-refractivity contribution in [1.29, 1.82) is 0 Å².